The molecule has 0 heterocycles. The van der Waals surface area contributed by atoms with Gasteiger partial charge in [-0.2, -0.15) is 0 Å². The third-order valence-electron chi connectivity index (χ3n) is 5.58. The van der Waals surface area contributed by atoms with E-state index in [0.717, 1.165) is 12.1 Å². The number of hydrogen-bond acceptors (Lipinski definition) is 7. The van der Waals surface area contributed by atoms with Gasteiger partial charge in [0.1, 0.15) is 36.0 Å². The predicted octanol–water partition coefficient (Wildman–Crippen LogP) is 2.33. The van der Waals surface area contributed by atoms with E-state index < -0.39 is 60.4 Å². The number of ketones is 2. The number of carboxylic acid groups (broad SMARTS) is 1. The molecule has 38 heavy (non-hydrogen) atoms. The molecule has 10 nitrogen and oxygen atoms in total. The molecule has 0 radical (unpaired) electrons. The Morgan fingerprint density at radius 2 is 1.66 bits per heavy atom. The minimum Gasteiger partial charge on any atom is -0.496 e. The van der Waals surface area contributed by atoms with Gasteiger partial charge in [0.05, 0.1) is 20.0 Å². The molecule has 204 valence electrons. The van der Waals surface area contributed by atoms with Gasteiger partial charge in [-0.1, -0.05) is 13.8 Å². The monoisotopic (exact) mass is 530 g/mol. The first-order chi connectivity index (χ1) is 17.9. The van der Waals surface area contributed by atoms with Crippen molar-refractivity contribution < 1.29 is 42.9 Å². The van der Waals surface area contributed by atoms with Crippen molar-refractivity contribution in [2.24, 2.45) is 5.92 Å². The quantitative estimate of drug-likeness (QED) is 0.315. The van der Waals surface area contributed by atoms with Crippen LogP contribution in [0.2, 0.25) is 0 Å². The number of halogens is 1. The highest BCUT2D eigenvalue weighted by molar-refractivity contribution is 5.96. The van der Waals surface area contributed by atoms with E-state index in [-0.39, 0.29) is 18.0 Å². The van der Waals surface area contributed by atoms with E-state index in [1.165, 1.54) is 32.2 Å². The maximum absolute atomic E-state index is 13.1. The zero-order valence-corrected chi connectivity index (χ0v) is 21.6. The van der Waals surface area contributed by atoms with Gasteiger partial charge >= 0.3 is 5.97 Å². The van der Waals surface area contributed by atoms with Crippen molar-refractivity contribution in [3.63, 3.8) is 0 Å². The molecule has 0 aromatic heterocycles. The molecule has 0 aliphatic carbocycles. The first kappa shape index (κ1) is 29.9. The summed E-state index contributed by atoms with van der Waals surface area (Å²) in [6, 6.07) is 7.05. The molecule has 11 heteroatoms. The van der Waals surface area contributed by atoms with Crippen molar-refractivity contribution in [2.45, 2.75) is 45.7 Å². The standard InChI is InChI=1S/C27H31FN2O8/c1-15(2)26(30-24(33)12-18-11-17(16(3)31)5-10-23(18)37-4)27(36)29-21(13-25(34)35)22(32)14-38-20-8-6-19(28)7-9-20/h5-11,15,21,26H,12-14H2,1-4H3,(H,29,36)(H,30,33)(H,34,35)/t21-,26-/m0/s1. The Morgan fingerprint density at radius 3 is 2.21 bits per heavy atom. The summed E-state index contributed by atoms with van der Waals surface area (Å²) in [6.45, 7) is 4.18. The highest BCUT2D eigenvalue weighted by Crippen LogP contribution is 2.21. The summed E-state index contributed by atoms with van der Waals surface area (Å²) in [5, 5.41) is 14.2. The maximum atomic E-state index is 13.1. The molecular weight excluding hydrogens is 499 g/mol. The van der Waals surface area contributed by atoms with Crippen LogP contribution in [-0.2, 0) is 25.6 Å². The third kappa shape index (κ3) is 8.99. The first-order valence-corrected chi connectivity index (χ1v) is 11.8. The van der Waals surface area contributed by atoms with Crippen LogP contribution in [0.15, 0.2) is 42.5 Å². The van der Waals surface area contributed by atoms with Crippen LogP contribution in [0, 0.1) is 11.7 Å². The smallest absolute Gasteiger partial charge is 0.305 e. The summed E-state index contributed by atoms with van der Waals surface area (Å²) in [4.78, 5) is 61.6. The second-order valence-corrected chi connectivity index (χ2v) is 8.92. The molecule has 0 saturated heterocycles. The van der Waals surface area contributed by atoms with Gasteiger partial charge in [0.15, 0.2) is 11.6 Å². The summed E-state index contributed by atoms with van der Waals surface area (Å²) < 4.78 is 23.6. The zero-order valence-electron chi connectivity index (χ0n) is 21.6. The number of aliphatic carboxylic acids is 1. The Labute approximate surface area is 219 Å². The van der Waals surface area contributed by atoms with E-state index in [9.17, 15) is 33.5 Å². The molecule has 2 amide bonds. The molecular formula is C27H31FN2O8. The van der Waals surface area contributed by atoms with Gasteiger partial charge in [0.25, 0.3) is 0 Å². The fourth-order valence-corrected chi connectivity index (χ4v) is 3.54. The van der Waals surface area contributed by atoms with Crippen molar-refractivity contribution in [3.8, 4) is 11.5 Å². The Bertz CT molecular complexity index is 1180. The Morgan fingerprint density at radius 1 is 1.00 bits per heavy atom. The molecule has 0 spiro atoms. The molecule has 0 unspecified atom stereocenters. The second-order valence-electron chi connectivity index (χ2n) is 8.92. The number of carbonyl (C=O) groups excluding carboxylic acids is 4. The van der Waals surface area contributed by atoms with Gasteiger partial charge in [-0.3, -0.25) is 24.0 Å². The van der Waals surface area contributed by atoms with Crippen LogP contribution in [0.1, 0.15) is 43.1 Å². The van der Waals surface area contributed by atoms with Crippen LogP contribution in [0.3, 0.4) is 0 Å². The van der Waals surface area contributed by atoms with E-state index in [1.807, 2.05) is 0 Å². The number of amides is 2. The zero-order chi connectivity index (χ0) is 28.4. The van der Waals surface area contributed by atoms with Gasteiger partial charge in [-0.15, -0.1) is 0 Å². The molecule has 3 N–H and O–H groups in total. The summed E-state index contributed by atoms with van der Waals surface area (Å²) in [5.41, 5.74) is 0.835. The number of Topliss-reactive ketones (excluding diaryl/α,β-unsaturated/α-hetero) is 2. The number of hydrogen-bond donors (Lipinski definition) is 3. The molecule has 2 rings (SSSR count). The van der Waals surface area contributed by atoms with E-state index in [4.69, 9.17) is 9.47 Å². The third-order valence-corrected chi connectivity index (χ3v) is 5.58. The van der Waals surface area contributed by atoms with Crippen molar-refractivity contribution in [3.05, 3.63) is 59.4 Å². The van der Waals surface area contributed by atoms with Gasteiger partial charge < -0.3 is 25.2 Å². The molecule has 0 bridgehead atoms. The van der Waals surface area contributed by atoms with Crippen LogP contribution < -0.4 is 20.1 Å². The molecule has 2 aromatic rings. The fourth-order valence-electron chi connectivity index (χ4n) is 3.54. The van der Waals surface area contributed by atoms with Crippen LogP contribution in [0.5, 0.6) is 11.5 Å². The summed E-state index contributed by atoms with van der Waals surface area (Å²) >= 11 is 0. The highest BCUT2D eigenvalue weighted by Gasteiger charge is 2.30. The van der Waals surface area contributed by atoms with Gasteiger partial charge in [0.2, 0.25) is 11.8 Å². The average Bonchev–Trinajstić information content (AvgIpc) is 2.85. The van der Waals surface area contributed by atoms with E-state index >= 15 is 0 Å². The number of carboxylic acids is 1. The Kier molecular flexibility index (Phi) is 10.9. The van der Waals surface area contributed by atoms with Gasteiger partial charge in [-0.05, 0) is 55.3 Å². The lowest BCUT2D eigenvalue weighted by Gasteiger charge is -2.25. The van der Waals surface area contributed by atoms with Crippen LogP contribution >= 0.6 is 0 Å². The second kappa shape index (κ2) is 13.9. The highest BCUT2D eigenvalue weighted by atomic mass is 19.1. The first-order valence-electron chi connectivity index (χ1n) is 11.8. The van der Waals surface area contributed by atoms with Gasteiger partial charge in [-0.25, -0.2) is 4.39 Å². The van der Waals surface area contributed by atoms with E-state index in [2.05, 4.69) is 10.6 Å². The number of methoxy groups -OCH3 is 1. The van der Waals surface area contributed by atoms with E-state index in [0.29, 0.717) is 16.9 Å². The molecule has 0 aliphatic heterocycles. The summed E-state index contributed by atoms with van der Waals surface area (Å²) in [6.07, 6.45) is -0.894. The normalized spacial score (nSPS) is 12.3. The van der Waals surface area contributed by atoms with Crippen LogP contribution in [0.25, 0.3) is 0 Å². The van der Waals surface area contributed by atoms with Crippen molar-refractivity contribution >= 4 is 29.4 Å². The Hall–Kier alpha value is -4.28. The lowest BCUT2D eigenvalue weighted by atomic mass is 10.0. The predicted molar refractivity (Wildman–Crippen MR) is 135 cm³/mol. The minimum atomic E-state index is -1.43. The van der Waals surface area contributed by atoms with Crippen molar-refractivity contribution in [2.75, 3.05) is 13.7 Å². The SMILES string of the molecule is COc1ccc(C(C)=O)cc1CC(=O)N[C@H](C(=O)N[C@@H](CC(=O)O)C(=O)COc1ccc(F)cc1)C(C)C. The van der Waals surface area contributed by atoms with E-state index in [1.54, 1.807) is 26.0 Å². The summed E-state index contributed by atoms with van der Waals surface area (Å²) in [5.74, 6) is -3.85. The maximum Gasteiger partial charge on any atom is 0.305 e. The number of nitrogens with one attached hydrogen (secondary N) is 2. The van der Waals surface area contributed by atoms with Gasteiger partial charge in [0, 0.05) is 11.1 Å². The fraction of sp³-hybridized carbons (Fsp3) is 0.370. The molecule has 0 saturated carbocycles. The Balaban J connectivity index is 2.11. The number of rotatable bonds is 14. The lowest BCUT2D eigenvalue weighted by molar-refractivity contribution is -0.141. The topological polar surface area (TPSA) is 148 Å². The molecule has 2 aromatic carbocycles. The largest absolute Gasteiger partial charge is 0.496 e. The minimum absolute atomic E-state index is 0.189. The number of carbonyl (C=O) groups is 5. The van der Waals surface area contributed by atoms with Crippen LogP contribution in [0.4, 0.5) is 4.39 Å². The number of ether oxygens (including phenoxy) is 2. The van der Waals surface area contributed by atoms with Crippen molar-refractivity contribution in [1.82, 2.24) is 10.6 Å². The van der Waals surface area contributed by atoms with Crippen LogP contribution in [-0.4, -0.2) is 60.3 Å². The molecule has 0 aliphatic rings. The number of benzene rings is 2. The summed E-state index contributed by atoms with van der Waals surface area (Å²) in [7, 11) is 1.42. The average molecular weight is 531 g/mol. The lowest BCUT2D eigenvalue weighted by Crippen LogP contribution is -2.54. The molecule has 2 atom stereocenters. The molecule has 0 fully saturated rings. The van der Waals surface area contributed by atoms with Crippen molar-refractivity contribution in [1.29, 1.82) is 0 Å².